The second-order valence-electron chi connectivity index (χ2n) is 4.49. The van der Waals surface area contributed by atoms with Crippen molar-refractivity contribution in [3.63, 3.8) is 0 Å². The zero-order valence-electron chi connectivity index (χ0n) is 11.4. The van der Waals surface area contributed by atoms with E-state index in [2.05, 4.69) is 5.32 Å². The summed E-state index contributed by atoms with van der Waals surface area (Å²) in [5.74, 6) is 1.34. The van der Waals surface area contributed by atoms with Crippen LogP contribution in [-0.2, 0) is 6.54 Å². The fraction of sp³-hybridized carbons (Fsp3) is 0.200. The van der Waals surface area contributed by atoms with Gasteiger partial charge in [-0.25, -0.2) is 0 Å². The summed E-state index contributed by atoms with van der Waals surface area (Å²) in [4.78, 5) is 10.3. The molecule has 0 unspecified atom stereocenters. The van der Waals surface area contributed by atoms with E-state index in [4.69, 9.17) is 4.74 Å². The predicted octanol–water partition coefficient (Wildman–Crippen LogP) is 3.41. The highest BCUT2D eigenvalue weighted by Crippen LogP contribution is 2.28. The Hall–Kier alpha value is -2.40. The lowest BCUT2D eigenvalue weighted by Crippen LogP contribution is -2.04. The van der Waals surface area contributed by atoms with Gasteiger partial charge in [0, 0.05) is 18.7 Å². The third-order valence-electron chi connectivity index (χ3n) is 2.88. The molecule has 0 aliphatic heterocycles. The molecule has 0 radical (unpaired) electrons. The van der Waals surface area contributed by atoms with Crippen molar-refractivity contribution in [1.82, 2.24) is 5.32 Å². The topological polar surface area (TPSA) is 64.4 Å². The Labute approximate surface area is 117 Å². The van der Waals surface area contributed by atoms with Crippen molar-refractivity contribution in [2.24, 2.45) is 0 Å². The largest absolute Gasteiger partial charge is 0.457 e. The van der Waals surface area contributed by atoms with Crippen molar-refractivity contribution >= 4 is 5.69 Å². The third kappa shape index (κ3) is 3.33. The van der Waals surface area contributed by atoms with Crippen LogP contribution in [0.2, 0.25) is 0 Å². The van der Waals surface area contributed by atoms with Crippen LogP contribution in [-0.4, -0.2) is 12.0 Å². The number of nitrogens with one attached hydrogen (secondary N) is 1. The Morgan fingerprint density at radius 1 is 1.25 bits per heavy atom. The monoisotopic (exact) mass is 272 g/mol. The van der Waals surface area contributed by atoms with Gasteiger partial charge in [0.05, 0.1) is 4.92 Å². The summed E-state index contributed by atoms with van der Waals surface area (Å²) in [7, 11) is 1.88. The van der Waals surface area contributed by atoms with Crippen LogP contribution in [0.1, 0.15) is 11.1 Å². The molecule has 5 heteroatoms. The molecule has 0 atom stereocenters. The molecule has 0 saturated heterocycles. The molecule has 104 valence electrons. The first-order valence-electron chi connectivity index (χ1n) is 6.26. The van der Waals surface area contributed by atoms with E-state index in [0.29, 0.717) is 5.75 Å². The molecule has 1 N–H and O–H groups in total. The van der Waals surface area contributed by atoms with Gasteiger partial charge in [-0.2, -0.15) is 0 Å². The van der Waals surface area contributed by atoms with Gasteiger partial charge in [0.15, 0.2) is 0 Å². The van der Waals surface area contributed by atoms with E-state index in [0.717, 1.165) is 23.4 Å². The molecule has 2 aromatic carbocycles. The van der Waals surface area contributed by atoms with Crippen molar-refractivity contribution in [2.45, 2.75) is 13.5 Å². The highest BCUT2D eigenvalue weighted by molar-refractivity contribution is 5.45. The van der Waals surface area contributed by atoms with Gasteiger partial charge >= 0.3 is 0 Å². The van der Waals surface area contributed by atoms with Crippen molar-refractivity contribution in [3.8, 4) is 11.5 Å². The lowest BCUT2D eigenvalue weighted by Gasteiger charge is -2.09. The van der Waals surface area contributed by atoms with Crippen molar-refractivity contribution in [3.05, 3.63) is 63.7 Å². The minimum absolute atomic E-state index is 0.0683. The molecule has 0 amide bonds. The normalized spacial score (nSPS) is 10.3. The summed E-state index contributed by atoms with van der Waals surface area (Å²) in [6, 6.07) is 12.3. The molecule has 0 aliphatic rings. The lowest BCUT2D eigenvalue weighted by molar-refractivity contribution is -0.384. The summed E-state index contributed by atoms with van der Waals surface area (Å²) in [5, 5.41) is 13.8. The molecule has 5 nitrogen and oxygen atoms in total. The summed E-state index contributed by atoms with van der Waals surface area (Å²) in [6.07, 6.45) is 0. The number of ether oxygens (including phenoxy) is 1. The predicted molar refractivity (Wildman–Crippen MR) is 77.1 cm³/mol. The summed E-state index contributed by atoms with van der Waals surface area (Å²) in [6.45, 7) is 2.55. The standard InChI is InChI=1S/C15H16N2O3/c1-11-8-13(17(18)19)6-7-15(11)20-14-5-3-4-12(9-14)10-16-2/h3-9,16H,10H2,1-2H3. The molecule has 0 bridgehead atoms. The molecule has 0 heterocycles. The number of benzene rings is 2. The highest BCUT2D eigenvalue weighted by atomic mass is 16.6. The molecular formula is C15H16N2O3. The van der Waals surface area contributed by atoms with Crippen molar-refractivity contribution in [2.75, 3.05) is 7.05 Å². The van der Waals surface area contributed by atoms with Crippen LogP contribution in [0.3, 0.4) is 0 Å². The minimum atomic E-state index is -0.412. The number of non-ortho nitro benzene ring substituents is 1. The number of nitro groups is 1. The van der Waals surface area contributed by atoms with Crippen LogP contribution in [0.5, 0.6) is 11.5 Å². The van der Waals surface area contributed by atoms with Gasteiger partial charge in [0.1, 0.15) is 11.5 Å². The maximum atomic E-state index is 10.7. The fourth-order valence-corrected chi connectivity index (χ4v) is 1.91. The van der Waals surface area contributed by atoms with Crippen LogP contribution in [0, 0.1) is 17.0 Å². The van der Waals surface area contributed by atoms with Gasteiger partial charge in [0.2, 0.25) is 0 Å². The van der Waals surface area contributed by atoms with Gasteiger partial charge < -0.3 is 10.1 Å². The molecule has 0 spiro atoms. The minimum Gasteiger partial charge on any atom is -0.457 e. The van der Waals surface area contributed by atoms with E-state index in [9.17, 15) is 10.1 Å². The number of aryl methyl sites for hydroxylation is 1. The Bertz CT molecular complexity index is 626. The zero-order chi connectivity index (χ0) is 14.5. The fourth-order valence-electron chi connectivity index (χ4n) is 1.91. The molecule has 0 aromatic heterocycles. The Kier molecular flexibility index (Phi) is 4.32. The van der Waals surface area contributed by atoms with E-state index in [1.165, 1.54) is 12.1 Å². The first-order valence-corrected chi connectivity index (χ1v) is 6.26. The van der Waals surface area contributed by atoms with Crippen molar-refractivity contribution < 1.29 is 9.66 Å². The van der Waals surface area contributed by atoms with Crippen molar-refractivity contribution in [1.29, 1.82) is 0 Å². The van der Waals surface area contributed by atoms with Crippen LogP contribution in [0.25, 0.3) is 0 Å². The first kappa shape index (κ1) is 14.0. The van der Waals surface area contributed by atoms with Gasteiger partial charge in [-0.05, 0) is 43.3 Å². The van der Waals surface area contributed by atoms with Gasteiger partial charge in [-0.15, -0.1) is 0 Å². The highest BCUT2D eigenvalue weighted by Gasteiger charge is 2.09. The van der Waals surface area contributed by atoms with E-state index >= 15 is 0 Å². The summed E-state index contributed by atoms with van der Waals surface area (Å²) in [5.41, 5.74) is 1.92. The van der Waals surface area contributed by atoms with Gasteiger partial charge in [-0.1, -0.05) is 12.1 Å². The molecule has 2 rings (SSSR count). The van der Waals surface area contributed by atoms with E-state index in [1.54, 1.807) is 13.0 Å². The quantitative estimate of drug-likeness (QED) is 0.669. The lowest BCUT2D eigenvalue weighted by atomic mass is 10.2. The Morgan fingerprint density at radius 3 is 2.70 bits per heavy atom. The Balaban J connectivity index is 2.21. The molecule has 0 aliphatic carbocycles. The van der Waals surface area contributed by atoms with E-state index in [-0.39, 0.29) is 5.69 Å². The Morgan fingerprint density at radius 2 is 2.05 bits per heavy atom. The number of nitrogens with zero attached hydrogens (tertiary/aromatic N) is 1. The zero-order valence-corrected chi connectivity index (χ0v) is 11.4. The third-order valence-corrected chi connectivity index (χ3v) is 2.88. The summed E-state index contributed by atoms with van der Waals surface area (Å²) < 4.78 is 5.78. The average molecular weight is 272 g/mol. The number of hydrogen-bond acceptors (Lipinski definition) is 4. The van der Waals surface area contributed by atoms with Crippen LogP contribution >= 0.6 is 0 Å². The number of rotatable bonds is 5. The van der Waals surface area contributed by atoms with Gasteiger partial charge in [-0.3, -0.25) is 10.1 Å². The summed E-state index contributed by atoms with van der Waals surface area (Å²) >= 11 is 0. The molecule has 2 aromatic rings. The average Bonchev–Trinajstić information content (AvgIpc) is 2.42. The second-order valence-corrected chi connectivity index (χ2v) is 4.49. The number of nitro benzene ring substituents is 1. The SMILES string of the molecule is CNCc1cccc(Oc2ccc([N+](=O)[O-])cc2C)c1. The maximum absolute atomic E-state index is 10.7. The molecule has 20 heavy (non-hydrogen) atoms. The van der Waals surface area contributed by atoms with E-state index in [1.807, 2.05) is 31.3 Å². The van der Waals surface area contributed by atoms with Crippen LogP contribution in [0.15, 0.2) is 42.5 Å². The van der Waals surface area contributed by atoms with E-state index < -0.39 is 4.92 Å². The molecule has 0 saturated carbocycles. The number of hydrogen-bond donors (Lipinski definition) is 1. The first-order chi connectivity index (χ1) is 9.60. The smallest absolute Gasteiger partial charge is 0.269 e. The van der Waals surface area contributed by atoms with Gasteiger partial charge in [0.25, 0.3) is 5.69 Å². The second kappa shape index (κ2) is 6.16. The molecule has 0 fully saturated rings. The van der Waals surface area contributed by atoms with Crippen LogP contribution < -0.4 is 10.1 Å². The maximum Gasteiger partial charge on any atom is 0.269 e. The van der Waals surface area contributed by atoms with Crippen LogP contribution in [0.4, 0.5) is 5.69 Å². The molecular weight excluding hydrogens is 256 g/mol.